The van der Waals surface area contributed by atoms with E-state index in [1.54, 1.807) is 12.1 Å². The number of nitrogens with one attached hydrogen (secondary N) is 1. The van der Waals surface area contributed by atoms with Gasteiger partial charge >= 0.3 is 0 Å². The third kappa shape index (κ3) is 6.71. The summed E-state index contributed by atoms with van der Waals surface area (Å²) in [6.45, 7) is 4.36. The second-order valence-electron chi connectivity index (χ2n) is 7.24. The van der Waals surface area contributed by atoms with Crippen LogP contribution in [0.2, 0.25) is 0 Å². The first-order valence-corrected chi connectivity index (χ1v) is 12.7. The summed E-state index contributed by atoms with van der Waals surface area (Å²) >= 11 is 1.92. The Morgan fingerprint density at radius 3 is 2.41 bits per heavy atom. The van der Waals surface area contributed by atoms with Crippen molar-refractivity contribution in [3.63, 3.8) is 0 Å². The summed E-state index contributed by atoms with van der Waals surface area (Å²) in [7, 11) is -3.57. The molecule has 1 atom stereocenters. The Hall–Kier alpha value is -1.21. The van der Waals surface area contributed by atoms with Crippen molar-refractivity contribution in [3.8, 4) is 0 Å². The monoisotopic (exact) mass is 412 g/mol. The summed E-state index contributed by atoms with van der Waals surface area (Å²) in [5.41, 5.74) is 1.58. The van der Waals surface area contributed by atoms with E-state index in [0.717, 1.165) is 17.6 Å². The maximum atomic E-state index is 12.7. The smallest absolute Gasteiger partial charge is 0.243 e. The van der Waals surface area contributed by atoms with Crippen molar-refractivity contribution in [2.75, 3.05) is 22.9 Å². The molecule has 7 heteroatoms. The number of aryl methyl sites for hydroxylation is 1. The van der Waals surface area contributed by atoms with Gasteiger partial charge in [0, 0.05) is 17.5 Å². The van der Waals surface area contributed by atoms with Gasteiger partial charge in [0.15, 0.2) is 0 Å². The fraction of sp³-hybridized carbons (Fsp3) is 0.650. The van der Waals surface area contributed by atoms with Gasteiger partial charge < -0.3 is 5.32 Å². The predicted molar refractivity (Wildman–Crippen MR) is 115 cm³/mol. The van der Waals surface area contributed by atoms with Gasteiger partial charge in [0.1, 0.15) is 6.04 Å². The lowest BCUT2D eigenvalue weighted by Gasteiger charge is -2.30. The third-order valence-corrected chi connectivity index (χ3v) is 7.49. The second kappa shape index (κ2) is 10.4. The number of thioether (sulfide) groups is 1. The average Bonchev–Trinajstić information content (AvgIpc) is 2.64. The van der Waals surface area contributed by atoms with E-state index in [1.807, 2.05) is 37.7 Å². The first-order chi connectivity index (χ1) is 12.8. The Labute approximate surface area is 168 Å². The van der Waals surface area contributed by atoms with E-state index in [9.17, 15) is 13.2 Å². The van der Waals surface area contributed by atoms with E-state index in [-0.39, 0.29) is 5.91 Å². The molecule has 27 heavy (non-hydrogen) atoms. The van der Waals surface area contributed by atoms with E-state index < -0.39 is 16.1 Å². The van der Waals surface area contributed by atoms with Gasteiger partial charge in [0.25, 0.3) is 0 Å². The van der Waals surface area contributed by atoms with Crippen LogP contribution in [-0.4, -0.2) is 44.2 Å². The summed E-state index contributed by atoms with van der Waals surface area (Å²) in [4.78, 5) is 12.7. The number of rotatable bonds is 9. The number of amides is 1. The molecule has 1 saturated carbocycles. The van der Waals surface area contributed by atoms with Crippen LogP contribution in [0.4, 0.5) is 5.69 Å². The normalized spacial score (nSPS) is 16.7. The zero-order valence-corrected chi connectivity index (χ0v) is 18.2. The number of hydrogen-bond donors (Lipinski definition) is 1. The first-order valence-electron chi connectivity index (χ1n) is 9.78. The van der Waals surface area contributed by atoms with Gasteiger partial charge in [-0.05, 0) is 38.3 Å². The summed E-state index contributed by atoms with van der Waals surface area (Å²) < 4.78 is 26.0. The number of anilines is 1. The van der Waals surface area contributed by atoms with Gasteiger partial charge in [0.2, 0.25) is 15.9 Å². The molecule has 1 fully saturated rings. The Morgan fingerprint density at radius 1 is 1.22 bits per heavy atom. The Kier molecular flexibility index (Phi) is 8.48. The molecule has 1 aromatic rings. The quantitative estimate of drug-likeness (QED) is 0.628. The lowest BCUT2D eigenvalue weighted by Crippen LogP contribution is -2.49. The van der Waals surface area contributed by atoms with Gasteiger partial charge in [-0.2, -0.15) is 11.8 Å². The highest BCUT2D eigenvalue weighted by Gasteiger charge is 2.31. The van der Waals surface area contributed by atoms with Crippen molar-refractivity contribution in [2.45, 2.75) is 63.7 Å². The van der Waals surface area contributed by atoms with Crippen molar-refractivity contribution in [2.24, 2.45) is 0 Å². The number of benzene rings is 1. The highest BCUT2D eigenvalue weighted by molar-refractivity contribution is 7.99. The minimum Gasteiger partial charge on any atom is -0.353 e. The van der Waals surface area contributed by atoms with Crippen molar-refractivity contribution in [1.82, 2.24) is 5.32 Å². The molecule has 0 spiro atoms. The van der Waals surface area contributed by atoms with Gasteiger partial charge in [-0.1, -0.05) is 43.9 Å². The van der Waals surface area contributed by atoms with Crippen LogP contribution in [0.3, 0.4) is 0 Å². The molecule has 0 aromatic heterocycles. The van der Waals surface area contributed by atoms with E-state index in [1.165, 1.54) is 36.4 Å². The molecule has 1 N–H and O–H groups in total. The van der Waals surface area contributed by atoms with Crippen LogP contribution in [0.1, 0.15) is 51.0 Å². The van der Waals surface area contributed by atoms with Crippen LogP contribution in [-0.2, 0) is 14.8 Å². The minimum absolute atomic E-state index is 0.229. The van der Waals surface area contributed by atoms with E-state index in [2.05, 4.69) is 5.32 Å². The van der Waals surface area contributed by atoms with E-state index in [0.29, 0.717) is 23.9 Å². The highest BCUT2D eigenvalue weighted by Crippen LogP contribution is 2.28. The van der Waals surface area contributed by atoms with Crippen LogP contribution in [0.5, 0.6) is 0 Å². The zero-order valence-electron chi connectivity index (χ0n) is 16.6. The highest BCUT2D eigenvalue weighted by atomic mass is 32.2. The Bertz CT molecular complexity index is 698. The molecule has 152 valence electrons. The number of carbonyl (C=O) groups is 1. The summed E-state index contributed by atoms with van der Waals surface area (Å²) in [5, 5.41) is 3.65. The molecule has 1 amide bonds. The topological polar surface area (TPSA) is 66.5 Å². The number of nitrogens with zero attached hydrogens (tertiary/aromatic N) is 1. The zero-order chi connectivity index (χ0) is 19.9. The Morgan fingerprint density at radius 2 is 1.85 bits per heavy atom. The van der Waals surface area contributed by atoms with Crippen LogP contribution in [0, 0.1) is 6.92 Å². The minimum atomic E-state index is -3.57. The maximum Gasteiger partial charge on any atom is 0.243 e. The average molecular weight is 413 g/mol. The molecule has 0 heterocycles. The van der Waals surface area contributed by atoms with Crippen LogP contribution >= 0.6 is 11.8 Å². The fourth-order valence-electron chi connectivity index (χ4n) is 3.50. The van der Waals surface area contributed by atoms with Gasteiger partial charge in [-0.3, -0.25) is 9.10 Å². The van der Waals surface area contributed by atoms with Crippen LogP contribution < -0.4 is 9.62 Å². The standard InChI is InChI=1S/C20H32N2O3S2/c1-4-19(20(23)21-14-15-26-18-8-6-5-7-9-18)22(27(3,24)25)17-12-10-16(2)11-13-17/h10-13,18-19H,4-9,14-15H2,1-3H3,(H,21,23). The first kappa shape index (κ1) is 22.1. The van der Waals surface area contributed by atoms with Crippen molar-refractivity contribution in [1.29, 1.82) is 0 Å². The van der Waals surface area contributed by atoms with Crippen molar-refractivity contribution in [3.05, 3.63) is 29.8 Å². The summed E-state index contributed by atoms with van der Waals surface area (Å²) in [6, 6.07) is 6.50. The summed E-state index contributed by atoms with van der Waals surface area (Å²) in [5.74, 6) is 0.642. The van der Waals surface area contributed by atoms with E-state index >= 15 is 0 Å². The molecule has 0 bridgehead atoms. The van der Waals surface area contributed by atoms with Crippen LogP contribution in [0.25, 0.3) is 0 Å². The molecule has 0 radical (unpaired) electrons. The molecule has 2 rings (SSSR count). The van der Waals surface area contributed by atoms with Crippen molar-refractivity contribution < 1.29 is 13.2 Å². The molecular weight excluding hydrogens is 380 g/mol. The fourth-order valence-corrected chi connectivity index (χ4v) is 5.93. The van der Waals surface area contributed by atoms with Gasteiger partial charge in [-0.15, -0.1) is 0 Å². The second-order valence-corrected chi connectivity index (χ2v) is 10.5. The molecular formula is C20H32N2O3S2. The molecule has 1 aromatic carbocycles. The summed E-state index contributed by atoms with van der Waals surface area (Å²) in [6.07, 6.45) is 8.07. The molecule has 1 aliphatic rings. The van der Waals surface area contributed by atoms with E-state index in [4.69, 9.17) is 0 Å². The lowest BCUT2D eigenvalue weighted by molar-refractivity contribution is -0.122. The maximum absolute atomic E-state index is 12.7. The van der Waals surface area contributed by atoms with Crippen molar-refractivity contribution >= 4 is 33.4 Å². The molecule has 5 nitrogen and oxygen atoms in total. The van der Waals surface area contributed by atoms with Gasteiger partial charge in [0.05, 0.1) is 11.9 Å². The Balaban J connectivity index is 1.98. The molecule has 1 unspecified atom stereocenters. The third-order valence-electron chi connectivity index (χ3n) is 4.93. The number of sulfonamides is 1. The largest absolute Gasteiger partial charge is 0.353 e. The SMILES string of the molecule is CCC(C(=O)NCCSC1CCCCC1)N(c1ccc(C)cc1)S(C)(=O)=O. The molecule has 1 aliphatic carbocycles. The van der Waals surface area contributed by atoms with Crippen LogP contribution in [0.15, 0.2) is 24.3 Å². The molecule has 0 aliphatic heterocycles. The van der Waals surface area contributed by atoms with Gasteiger partial charge in [-0.25, -0.2) is 8.42 Å². The number of hydrogen-bond acceptors (Lipinski definition) is 4. The number of carbonyl (C=O) groups excluding carboxylic acids is 1. The molecule has 0 saturated heterocycles. The lowest BCUT2D eigenvalue weighted by atomic mass is 10.0. The predicted octanol–water partition coefficient (Wildman–Crippen LogP) is 3.72.